The van der Waals surface area contributed by atoms with Crippen LogP contribution in [0, 0.1) is 0 Å². The highest BCUT2D eigenvalue weighted by atomic mass is 16.7. The Bertz CT molecular complexity index is 1260. The van der Waals surface area contributed by atoms with Gasteiger partial charge in [0.25, 0.3) is 0 Å². The van der Waals surface area contributed by atoms with Crippen molar-refractivity contribution in [3.63, 3.8) is 0 Å². The SMILES string of the molecule is C=C(C)C(=O)OCOc1ccc(OC(=O)c2ccc(OCOC(=O)C(=C)C)c(OCOC(=O)C(=C)C)c2)cc1. The Hall–Kier alpha value is -5.06. The van der Waals surface area contributed by atoms with Crippen LogP contribution in [0.25, 0.3) is 0 Å². The van der Waals surface area contributed by atoms with Crippen molar-refractivity contribution in [2.45, 2.75) is 20.8 Å². The molecule has 0 fully saturated rings. The first-order valence-corrected chi connectivity index (χ1v) is 11.3. The third-order valence-electron chi connectivity index (χ3n) is 4.48. The Morgan fingerprint density at radius 2 is 1.03 bits per heavy atom. The normalized spacial score (nSPS) is 9.92. The molecule has 0 amide bonds. The molecule has 0 atom stereocenters. The van der Waals surface area contributed by atoms with Crippen molar-refractivity contribution in [1.29, 1.82) is 0 Å². The maximum absolute atomic E-state index is 12.7. The Kier molecular flexibility index (Phi) is 11.3. The van der Waals surface area contributed by atoms with E-state index in [4.69, 9.17) is 33.2 Å². The first-order chi connectivity index (χ1) is 18.5. The van der Waals surface area contributed by atoms with Crippen molar-refractivity contribution >= 4 is 23.9 Å². The summed E-state index contributed by atoms with van der Waals surface area (Å²) >= 11 is 0. The smallest absolute Gasteiger partial charge is 0.343 e. The van der Waals surface area contributed by atoms with Gasteiger partial charge in [0.15, 0.2) is 11.5 Å². The molecule has 2 aromatic carbocycles. The van der Waals surface area contributed by atoms with Crippen LogP contribution in [-0.2, 0) is 28.6 Å². The van der Waals surface area contributed by atoms with Crippen LogP contribution in [0.5, 0.6) is 23.0 Å². The summed E-state index contributed by atoms with van der Waals surface area (Å²) in [6.07, 6.45) is 0. The summed E-state index contributed by atoms with van der Waals surface area (Å²) in [5, 5.41) is 0. The highest BCUT2D eigenvalue weighted by Gasteiger charge is 2.16. The second-order valence-electron chi connectivity index (χ2n) is 7.95. The average Bonchev–Trinajstić information content (AvgIpc) is 2.89. The second-order valence-corrected chi connectivity index (χ2v) is 7.95. The van der Waals surface area contributed by atoms with Crippen molar-refractivity contribution in [2.24, 2.45) is 0 Å². The molecule has 0 aliphatic carbocycles. The zero-order valence-corrected chi connectivity index (χ0v) is 21.8. The molecule has 0 spiro atoms. The van der Waals surface area contributed by atoms with Crippen molar-refractivity contribution < 1.29 is 52.3 Å². The predicted octanol–water partition coefficient (Wildman–Crippen LogP) is 4.27. The minimum atomic E-state index is -0.733. The number of benzene rings is 2. The lowest BCUT2D eigenvalue weighted by Gasteiger charge is -2.14. The van der Waals surface area contributed by atoms with Crippen molar-refractivity contribution in [2.75, 3.05) is 20.4 Å². The average molecular weight is 541 g/mol. The number of esters is 4. The molecule has 0 aliphatic heterocycles. The largest absolute Gasteiger partial charge is 0.457 e. The summed E-state index contributed by atoms with van der Waals surface area (Å²) in [5.74, 6) is -1.96. The van der Waals surface area contributed by atoms with Gasteiger partial charge in [-0.25, -0.2) is 19.2 Å². The summed E-state index contributed by atoms with van der Waals surface area (Å²) in [6, 6.07) is 10.1. The van der Waals surface area contributed by atoms with Gasteiger partial charge in [0.1, 0.15) is 11.5 Å². The molecule has 39 heavy (non-hydrogen) atoms. The minimum absolute atomic E-state index is 0.0124. The predicted molar refractivity (Wildman–Crippen MR) is 137 cm³/mol. The lowest BCUT2D eigenvalue weighted by molar-refractivity contribution is -0.147. The van der Waals surface area contributed by atoms with E-state index in [1.54, 1.807) is 0 Å². The molecule has 0 aliphatic rings. The molecule has 0 bridgehead atoms. The van der Waals surface area contributed by atoms with Crippen LogP contribution in [0.15, 0.2) is 78.9 Å². The molecular formula is C28H28O11. The maximum atomic E-state index is 12.7. The van der Waals surface area contributed by atoms with Crippen molar-refractivity contribution in [3.8, 4) is 23.0 Å². The van der Waals surface area contributed by atoms with Crippen LogP contribution in [-0.4, -0.2) is 44.3 Å². The van der Waals surface area contributed by atoms with Gasteiger partial charge in [0.2, 0.25) is 20.4 Å². The molecular weight excluding hydrogens is 512 g/mol. The molecule has 0 saturated carbocycles. The Balaban J connectivity index is 2.07. The van der Waals surface area contributed by atoms with E-state index in [-0.39, 0.29) is 46.3 Å². The maximum Gasteiger partial charge on any atom is 0.343 e. The van der Waals surface area contributed by atoms with E-state index >= 15 is 0 Å². The van der Waals surface area contributed by atoms with E-state index in [1.807, 2.05) is 0 Å². The van der Waals surface area contributed by atoms with Gasteiger partial charge in [-0.05, 0) is 63.2 Å². The van der Waals surface area contributed by atoms with Crippen LogP contribution in [0.4, 0.5) is 0 Å². The molecule has 2 rings (SSSR count). The highest BCUT2D eigenvalue weighted by molar-refractivity contribution is 5.92. The Morgan fingerprint density at radius 3 is 1.51 bits per heavy atom. The van der Waals surface area contributed by atoms with Crippen LogP contribution in [0.3, 0.4) is 0 Å². The van der Waals surface area contributed by atoms with Crippen LogP contribution < -0.4 is 18.9 Å². The number of carbonyl (C=O) groups is 4. The third-order valence-corrected chi connectivity index (χ3v) is 4.48. The fourth-order valence-electron chi connectivity index (χ4n) is 2.45. The van der Waals surface area contributed by atoms with Crippen molar-refractivity contribution in [1.82, 2.24) is 0 Å². The summed E-state index contributed by atoms with van der Waals surface area (Å²) in [6.45, 7) is 13.6. The zero-order chi connectivity index (χ0) is 28.9. The minimum Gasteiger partial charge on any atom is -0.457 e. The number of ether oxygens (including phenoxy) is 7. The van der Waals surface area contributed by atoms with Gasteiger partial charge in [-0.3, -0.25) is 0 Å². The molecule has 0 radical (unpaired) electrons. The summed E-state index contributed by atoms with van der Waals surface area (Å²) < 4.78 is 36.2. The molecule has 0 N–H and O–H groups in total. The van der Waals surface area contributed by atoms with Gasteiger partial charge < -0.3 is 33.2 Å². The molecule has 11 nitrogen and oxygen atoms in total. The first kappa shape index (κ1) is 30.2. The van der Waals surface area contributed by atoms with Crippen LogP contribution in [0.1, 0.15) is 31.1 Å². The quantitative estimate of drug-likeness (QED) is 0.112. The van der Waals surface area contributed by atoms with Gasteiger partial charge in [-0.15, -0.1) is 0 Å². The topological polar surface area (TPSA) is 133 Å². The molecule has 11 heteroatoms. The lowest BCUT2D eigenvalue weighted by Crippen LogP contribution is -2.14. The zero-order valence-electron chi connectivity index (χ0n) is 21.8. The molecule has 0 heterocycles. The van der Waals surface area contributed by atoms with Gasteiger partial charge in [0, 0.05) is 16.7 Å². The summed E-state index contributed by atoms with van der Waals surface area (Å²) in [5.41, 5.74) is 0.678. The lowest BCUT2D eigenvalue weighted by atomic mass is 10.2. The number of rotatable bonds is 14. The highest BCUT2D eigenvalue weighted by Crippen LogP contribution is 2.29. The van der Waals surface area contributed by atoms with E-state index in [1.165, 1.54) is 63.2 Å². The van der Waals surface area contributed by atoms with Gasteiger partial charge in [-0.2, -0.15) is 0 Å². The molecule has 206 valence electrons. The van der Waals surface area contributed by atoms with Crippen LogP contribution in [0.2, 0.25) is 0 Å². The number of hydrogen-bond acceptors (Lipinski definition) is 11. The fourth-order valence-corrected chi connectivity index (χ4v) is 2.45. The monoisotopic (exact) mass is 540 g/mol. The number of hydrogen-bond donors (Lipinski definition) is 0. The molecule has 0 unspecified atom stereocenters. The fraction of sp³-hybridized carbons (Fsp3) is 0.214. The first-order valence-electron chi connectivity index (χ1n) is 11.3. The standard InChI is InChI=1S/C28H28O11/c1-17(2)25(29)36-14-33-21-8-10-22(11-9-21)39-28(32)20-7-12-23(34-15-37-26(30)18(3)4)24(13-20)35-16-38-27(31)19(5)6/h7-13H,1,3,5,14-16H2,2,4,6H3. The number of carbonyl (C=O) groups excluding carboxylic acids is 4. The van der Waals surface area contributed by atoms with E-state index in [9.17, 15) is 19.2 Å². The molecule has 0 aromatic heterocycles. The van der Waals surface area contributed by atoms with Gasteiger partial charge >= 0.3 is 23.9 Å². The van der Waals surface area contributed by atoms with Crippen molar-refractivity contribution in [3.05, 3.63) is 84.5 Å². The van der Waals surface area contributed by atoms with E-state index < -0.39 is 37.5 Å². The van der Waals surface area contributed by atoms with E-state index in [2.05, 4.69) is 19.7 Å². The summed E-state index contributed by atoms with van der Waals surface area (Å²) in [7, 11) is 0. The molecule has 2 aromatic rings. The van der Waals surface area contributed by atoms with E-state index in [0.717, 1.165) is 0 Å². The summed E-state index contributed by atoms with van der Waals surface area (Å²) in [4.78, 5) is 47.3. The Labute approximate surface area is 225 Å². The van der Waals surface area contributed by atoms with Gasteiger partial charge in [-0.1, -0.05) is 19.7 Å². The van der Waals surface area contributed by atoms with Gasteiger partial charge in [0.05, 0.1) is 5.56 Å². The molecule has 0 saturated heterocycles. The Morgan fingerprint density at radius 1 is 0.590 bits per heavy atom. The second kappa shape index (κ2) is 14.6. The van der Waals surface area contributed by atoms with Crippen LogP contribution >= 0.6 is 0 Å². The third kappa shape index (κ3) is 10.1. The van der Waals surface area contributed by atoms with E-state index in [0.29, 0.717) is 5.75 Å².